The van der Waals surface area contributed by atoms with E-state index in [9.17, 15) is 15.4 Å². The Labute approximate surface area is 137 Å². The second kappa shape index (κ2) is 6.12. The number of nitrogens with one attached hydrogen (secondary N) is 2. The SMILES string of the molecule is CCCc1[nH]nc2c1C(c1ccc([N+](=O)[O-])cc1)C(C#N)C(=N)O2. The number of aryl methyl sites for hydroxylation is 1. The van der Waals surface area contributed by atoms with Gasteiger partial charge in [-0.1, -0.05) is 25.5 Å². The lowest BCUT2D eigenvalue weighted by molar-refractivity contribution is -0.384. The predicted octanol–water partition coefficient (Wildman–Crippen LogP) is 2.91. The number of nitro benzene ring substituents is 1. The van der Waals surface area contributed by atoms with Crippen molar-refractivity contribution in [1.29, 1.82) is 10.7 Å². The van der Waals surface area contributed by atoms with E-state index >= 15 is 0 Å². The molecule has 8 nitrogen and oxygen atoms in total. The maximum atomic E-state index is 10.8. The van der Waals surface area contributed by atoms with Crippen molar-refractivity contribution in [1.82, 2.24) is 10.2 Å². The molecule has 2 atom stereocenters. The zero-order valence-corrected chi connectivity index (χ0v) is 12.9. The Morgan fingerprint density at radius 2 is 2.17 bits per heavy atom. The Hall–Kier alpha value is -3.21. The number of nitrogens with zero attached hydrogens (tertiary/aromatic N) is 3. The minimum absolute atomic E-state index is 0.0180. The van der Waals surface area contributed by atoms with E-state index in [1.54, 1.807) is 12.1 Å². The lowest BCUT2D eigenvalue weighted by Crippen LogP contribution is -2.31. The Bertz CT molecular complexity index is 834. The number of fused-ring (bicyclic) bond motifs is 1. The fourth-order valence-electron chi connectivity index (χ4n) is 2.99. The van der Waals surface area contributed by atoms with Crippen molar-refractivity contribution >= 4 is 11.6 Å². The molecule has 1 aliphatic rings. The number of hydrogen-bond donors (Lipinski definition) is 2. The van der Waals surface area contributed by atoms with Gasteiger partial charge in [0, 0.05) is 29.3 Å². The first-order valence-corrected chi connectivity index (χ1v) is 7.54. The number of aromatic amines is 1. The lowest BCUT2D eigenvalue weighted by atomic mass is 9.79. The van der Waals surface area contributed by atoms with Crippen molar-refractivity contribution in [3.63, 3.8) is 0 Å². The molecule has 3 rings (SSSR count). The first-order valence-electron chi connectivity index (χ1n) is 7.54. The summed E-state index contributed by atoms with van der Waals surface area (Å²) in [5, 5.41) is 35.4. The van der Waals surface area contributed by atoms with E-state index in [1.807, 2.05) is 6.92 Å². The van der Waals surface area contributed by atoms with Gasteiger partial charge in [0.25, 0.3) is 5.69 Å². The first kappa shape index (κ1) is 15.7. The molecule has 0 fully saturated rings. The summed E-state index contributed by atoms with van der Waals surface area (Å²) in [6.45, 7) is 2.03. The molecule has 2 N–H and O–H groups in total. The molecular weight excluding hydrogens is 310 g/mol. The van der Waals surface area contributed by atoms with Crippen LogP contribution in [0.3, 0.4) is 0 Å². The van der Waals surface area contributed by atoms with Gasteiger partial charge < -0.3 is 4.74 Å². The number of hydrogen-bond acceptors (Lipinski definition) is 6. The van der Waals surface area contributed by atoms with Crippen molar-refractivity contribution < 1.29 is 9.66 Å². The molecule has 1 aromatic heterocycles. The van der Waals surface area contributed by atoms with E-state index in [4.69, 9.17) is 10.1 Å². The van der Waals surface area contributed by atoms with E-state index in [1.165, 1.54) is 12.1 Å². The third-order valence-corrected chi connectivity index (χ3v) is 4.08. The second-order valence-electron chi connectivity index (χ2n) is 5.57. The maximum Gasteiger partial charge on any atom is 0.269 e. The van der Waals surface area contributed by atoms with Gasteiger partial charge in [-0.3, -0.25) is 20.6 Å². The first-order chi connectivity index (χ1) is 11.6. The standard InChI is InChI=1S/C16H15N5O3/c1-2-3-12-14-13(9-4-6-10(7-5-9)21(22)23)11(8-17)15(18)24-16(14)20-19-12/h4-7,11,13,18H,2-3H2,1H3,(H,19,20). The third-order valence-electron chi connectivity index (χ3n) is 4.08. The number of ether oxygens (including phenoxy) is 1. The van der Waals surface area contributed by atoms with Gasteiger partial charge in [-0.25, -0.2) is 0 Å². The van der Waals surface area contributed by atoms with Crippen LogP contribution in [0.2, 0.25) is 0 Å². The van der Waals surface area contributed by atoms with Gasteiger partial charge in [-0.2, -0.15) is 5.26 Å². The van der Waals surface area contributed by atoms with Crippen LogP contribution >= 0.6 is 0 Å². The summed E-state index contributed by atoms with van der Waals surface area (Å²) in [6.07, 6.45) is 1.62. The number of nitriles is 1. The maximum absolute atomic E-state index is 10.8. The van der Waals surface area contributed by atoms with Crippen LogP contribution in [-0.4, -0.2) is 21.0 Å². The summed E-state index contributed by atoms with van der Waals surface area (Å²) in [5.41, 5.74) is 2.33. The number of nitro groups is 1. The van der Waals surface area contributed by atoms with Crippen LogP contribution in [0.5, 0.6) is 5.88 Å². The van der Waals surface area contributed by atoms with Crippen LogP contribution in [0, 0.1) is 32.8 Å². The molecule has 2 aromatic rings. The molecule has 0 bridgehead atoms. The Kier molecular flexibility index (Phi) is 4.00. The van der Waals surface area contributed by atoms with Crippen molar-refractivity contribution in [2.24, 2.45) is 5.92 Å². The molecule has 0 amide bonds. The van der Waals surface area contributed by atoms with Crippen molar-refractivity contribution in [3.05, 3.63) is 51.2 Å². The number of non-ortho nitro benzene ring substituents is 1. The molecule has 0 saturated heterocycles. The highest BCUT2D eigenvalue weighted by atomic mass is 16.6. The fraction of sp³-hybridized carbons (Fsp3) is 0.312. The Morgan fingerprint density at radius 1 is 1.46 bits per heavy atom. The summed E-state index contributed by atoms with van der Waals surface area (Å²) in [7, 11) is 0. The zero-order valence-electron chi connectivity index (χ0n) is 12.9. The molecule has 0 saturated carbocycles. The highest BCUT2D eigenvalue weighted by molar-refractivity contribution is 5.84. The van der Waals surface area contributed by atoms with Gasteiger partial charge in [0.2, 0.25) is 11.8 Å². The number of aromatic nitrogens is 2. The number of rotatable bonds is 4. The average molecular weight is 325 g/mol. The van der Waals surface area contributed by atoms with Gasteiger partial charge in [0.1, 0.15) is 5.92 Å². The minimum Gasteiger partial charge on any atom is -0.422 e. The molecule has 1 aliphatic heterocycles. The molecule has 2 unspecified atom stereocenters. The summed E-state index contributed by atoms with van der Waals surface area (Å²) in [5.74, 6) is -1.10. The molecule has 122 valence electrons. The molecular formula is C16H15N5O3. The van der Waals surface area contributed by atoms with Crippen LogP contribution in [0.4, 0.5) is 5.69 Å². The van der Waals surface area contributed by atoms with E-state index in [0.29, 0.717) is 5.88 Å². The summed E-state index contributed by atoms with van der Waals surface area (Å²) in [6, 6.07) is 8.17. The van der Waals surface area contributed by atoms with Gasteiger partial charge >= 0.3 is 0 Å². The summed E-state index contributed by atoms with van der Waals surface area (Å²) < 4.78 is 5.39. The van der Waals surface area contributed by atoms with Gasteiger partial charge in [0.15, 0.2) is 0 Å². The summed E-state index contributed by atoms with van der Waals surface area (Å²) >= 11 is 0. The van der Waals surface area contributed by atoms with Crippen LogP contribution in [0.1, 0.15) is 36.1 Å². The van der Waals surface area contributed by atoms with Crippen LogP contribution in [-0.2, 0) is 6.42 Å². The topological polar surface area (TPSA) is 129 Å². The molecule has 0 aliphatic carbocycles. The van der Waals surface area contributed by atoms with E-state index in [2.05, 4.69) is 16.3 Å². The monoisotopic (exact) mass is 325 g/mol. The predicted molar refractivity (Wildman–Crippen MR) is 85.0 cm³/mol. The fourth-order valence-corrected chi connectivity index (χ4v) is 2.99. The van der Waals surface area contributed by atoms with Gasteiger partial charge in [-0.05, 0) is 12.0 Å². The Morgan fingerprint density at radius 3 is 2.75 bits per heavy atom. The largest absolute Gasteiger partial charge is 0.422 e. The molecule has 0 spiro atoms. The van der Waals surface area contributed by atoms with Gasteiger partial charge in [-0.15, -0.1) is 5.10 Å². The minimum atomic E-state index is -0.799. The highest BCUT2D eigenvalue weighted by Crippen LogP contribution is 2.43. The molecule has 2 heterocycles. The highest BCUT2D eigenvalue weighted by Gasteiger charge is 2.40. The van der Waals surface area contributed by atoms with E-state index < -0.39 is 16.8 Å². The van der Waals surface area contributed by atoms with Gasteiger partial charge in [0.05, 0.1) is 11.0 Å². The van der Waals surface area contributed by atoms with E-state index in [0.717, 1.165) is 29.7 Å². The third kappa shape index (κ3) is 2.50. The van der Waals surface area contributed by atoms with Crippen LogP contribution in [0.15, 0.2) is 24.3 Å². The molecule has 24 heavy (non-hydrogen) atoms. The molecule has 0 radical (unpaired) electrons. The number of H-pyrrole nitrogens is 1. The second-order valence-corrected chi connectivity index (χ2v) is 5.57. The van der Waals surface area contributed by atoms with Crippen molar-refractivity contribution in [2.75, 3.05) is 0 Å². The number of benzene rings is 1. The van der Waals surface area contributed by atoms with E-state index in [-0.39, 0.29) is 11.6 Å². The zero-order chi connectivity index (χ0) is 17.3. The van der Waals surface area contributed by atoms with Crippen molar-refractivity contribution in [3.8, 4) is 11.9 Å². The van der Waals surface area contributed by atoms with Crippen molar-refractivity contribution in [2.45, 2.75) is 25.7 Å². The Balaban J connectivity index is 2.13. The smallest absolute Gasteiger partial charge is 0.269 e. The van der Waals surface area contributed by atoms with Crippen LogP contribution < -0.4 is 4.74 Å². The molecule has 1 aromatic carbocycles. The normalized spacial score (nSPS) is 19.2. The molecule has 8 heteroatoms. The van der Waals surface area contributed by atoms with Crippen LogP contribution in [0.25, 0.3) is 0 Å². The average Bonchev–Trinajstić information content (AvgIpc) is 2.96. The summed E-state index contributed by atoms with van der Waals surface area (Å²) in [4.78, 5) is 10.4. The lowest BCUT2D eigenvalue weighted by Gasteiger charge is -2.28. The quantitative estimate of drug-likeness (QED) is 0.659.